The van der Waals surface area contributed by atoms with Gasteiger partial charge in [0.2, 0.25) is 0 Å². The monoisotopic (exact) mass is 366 g/mol. The quantitative estimate of drug-likeness (QED) is 0.783. The lowest BCUT2D eigenvalue weighted by atomic mass is 9.76. The molecule has 1 N–H and O–H groups in total. The molecule has 3 nitrogen and oxygen atoms in total. The van der Waals surface area contributed by atoms with Gasteiger partial charge in [-0.15, -0.1) is 0 Å². The number of hydrogen-bond donors (Lipinski definition) is 1. The number of hydrogen-bond acceptors (Lipinski definition) is 3. The maximum Gasteiger partial charge on any atom is 0.152 e. The minimum absolute atomic E-state index is 0.440. The second kappa shape index (κ2) is 6.24. The number of aromatic nitrogens is 1. The number of rotatable bonds is 4. The number of halogens is 2. The molecular weight excluding hydrogens is 352 g/mol. The third kappa shape index (κ3) is 3.33. The van der Waals surface area contributed by atoms with Crippen LogP contribution in [0.5, 0.6) is 5.75 Å². The van der Waals surface area contributed by atoms with Gasteiger partial charge in [0, 0.05) is 16.7 Å². The summed E-state index contributed by atoms with van der Waals surface area (Å²) in [6.45, 7) is 0. The lowest BCUT2D eigenvalue weighted by molar-refractivity contribution is 0.370. The van der Waals surface area contributed by atoms with E-state index in [9.17, 15) is 0 Å². The van der Waals surface area contributed by atoms with Crippen molar-refractivity contribution in [3.05, 3.63) is 51.7 Å². The van der Waals surface area contributed by atoms with Gasteiger partial charge in [-0.05, 0) is 58.5 Å². The number of pyridine rings is 1. The van der Waals surface area contributed by atoms with Gasteiger partial charge in [-0.1, -0.05) is 23.7 Å². The molecule has 1 aliphatic carbocycles. The van der Waals surface area contributed by atoms with E-state index in [4.69, 9.17) is 16.3 Å². The fourth-order valence-corrected chi connectivity index (χ4v) is 3.14. The molecule has 1 fully saturated rings. The summed E-state index contributed by atoms with van der Waals surface area (Å²) < 4.78 is 6.21. The number of anilines is 1. The predicted octanol–water partition coefficient (Wildman–Crippen LogP) is 4.86. The van der Waals surface area contributed by atoms with Gasteiger partial charge in [0.25, 0.3) is 0 Å². The predicted molar refractivity (Wildman–Crippen MR) is 89.3 cm³/mol. The molecule has 0 radical (unpaired) electrons. The fourth-order valence-electron chi connectivity index (χ4n) is 2.65. The van der Waals surface area contributed by atoms with Crippen molar-refractivity contribution in [2.75, 3.05) is 12.4 Å². The first kappa shape index (κ1) is 14.7. The van der Waals surface area contributed by atoms with Crippen molar-refractivity contribution < 1.29 is 4.74 Å². The van der Waals surface area contributed by atoms with Gasteiger partial charge in [-0.3, -0.25) is 0 Å². The topological polar surface area (TPSA) is 34.1 Å². The molecule has 0 saturated heterocycles. The largest absolute Gasteiger partial charge is 0.497 e. The van der Waals surface area contributed by atoms with E-state index in [2.05, 4.69) is 38.4 Å². The van der Waals surface area contributed by atoms with Crippen LogP contribution in [0.2, 0.25) is 5.15 Å². The number of ether oxygens (including phenoxy) is 1. The van der Waals surface area contributed by atoms with E-state index in [1.807, 2.05) is 18.2 Å². The van der Waals surface area contributed by atoms with Crippen molar-refractivity contribution in [3.63, 3.8) is 0 Å². The summed E-state index contributed by atoms with van der Waals surface area (Å²) in [4.78, 5) is 4.13. The van der Waals surface area contributed by atoms with Gasteiger partial charge in [-0.25, -0.2) is 4.98 Å². The van der Waals surface area contributed by atoms with E-state index in [1.54, 1.807) is 13.3 Å². The Kier molecular flexibility index (Phi) is 4.36. The highest BCUT2D eigenvalue weighted by atomic mass is 79.9. The molecular formula is C16H16BrClN2O. The van der Waals surface area contributed by atoms with E-state index in [-0.39, 0.29) is 0 Å². The van der Waals surface area contributed by atoms with E-state index in [0.29, 0.717) is 17.1 Å². The summed E-state index contributed by atoms with van der Waals surface area (Å²) in [7, 11) is 1.70. The molecule has 0 spiro atoms. The summed E-state index contributed by atoms with van der Waals surface area (Å²) >= 11 is 9.52. The first-order valence-electron chi connectivity index (χ1n) is 6.87. The summed E-state index contributed by atoms with van der Waals surface area (Å²) in [5, 5.41) is 3.98. The Labute approximate surface area is 137 Å². The Morgan fingerprint density at radius 2 is 2.14 bits per heavy atom. The molecule has 0 atom stereocenters. The average molecular weight is 368 g/mol. The zero-order chi connectivity index (χ0) is 14.8. The number of benzene rings is 1. The molecule has 110 valence electrons. The van der Waals surface area contributed by atoms with E-state index < -0.39 is 0 Å². The summed E-state index contributed by atoms with van der Waals surface area (Å²) in [6.07, 6.45) is 3.89. The lowest BCUT2D eigenvalue weighted by Crippen LogP contribution is -2.34. The van der Waals surface area contributed by atoms with Gasteiger partial charge in [-0.2, -0.15) is 0 Å². The number of nitrogens with one attached hydrogen (secondary N) is 1. The zero-order valence-corrected chi connectivity index (χ0v) is 14.0. The maximum absolute atomic E-state index is 6.10. The van der Waals surface area contributed by atoms with Gasteiger partial charge in [0.15, 0.2) is 5.15 Å². The summed E-state index contributed by atoms with van der Waals surface area (Å²) in [5.41, 5.74) is 2.23. The average Bonchev–Trinajstić information content (AvgIpc) is 2.46. The minimum Gasteiger partial charge on any atom is -0.497 e. The Balaban J connectivity index is 1.61. The molecule has 1 aromatic carbocycles. The van der Waals surface area contributed by atoms with E-state index in [0.717, 1.165) is 28.8 Å². The van der Waals surface area contributed by atoms with Crippen LogP contribution in [0.4, 0.5) is 5.69 Å². The Hall–Kier alpha value is -1.26. The minimum atomic E-state index is 0.440. The third-order valence-electron chi connectivity index (χ3n) is 3.87. The zero-order valence-electron chi connectivity index (χ0n) is 11.6. The van der Waals surface area contributed by atoms with Crippen LogP contribution in [-0.4, -0.2) is 18.1 Å². The molecule has 0 aliphatic heterocycles. The van der Waals surface area contributed by atoms with Crippen molar-refractivity contribution in [2.45, 2.75) is 24.8 Å². The van der Waals surface area contributed by atoms with Crippen molar-refractivity contribution in [3.8, 4) is 5.75 Å². The highest BCUT2D eigenvalue weighted by molar-refractivity contribution is 9.10. The van der Waals surface area contributed by atoms with E-state index >= 15 is 0 Å². The highest BCUT2D eigenvalue weighted by Crippen LogP contribution is 2.40. The van der Waals surface area contributed by atoms with Crippen LogP contribution in [0.1, 0.15) is 24.3 Å². The molecule has 3 rings (SSSR count). The van der Waals surface area contributed by atoms with Gasteiger partial charge >= 0.3 is 0 Å². The van der Waals surface area contributed by atoms with Crippen LogP contribution in [0.15, 0.2) is 41.0 Å². The standard InChI is InChI=1S/C16H16BrClN2O/c1-21-14-4-2-3-10(7-14)11-5-13(6-11)20-15-8-12(17)9-19-16(15)18/h2-4,7-9,11,13,20H,5-6H2,1H3. The molecule has 0 amide bonds. The second-order valence-corrected chi connectivity index (χ2v) is 6.55. The third-order valence-corrected chi connectivity index (χ3v) is 4.60. The van der Waals surface area contributed by atoms with Gasteiger partial charge in [0.1, 0.15) is 5.75 Å². The van der Waals surface area contributed by atoms with Gasteiger partial charge < -0.3 is 10.1 Å². The molecule has 1 aromatic heterocycles. The Bertz CT molecular complexity index is 644. The molecule has 21 heavy (non-hydrogen) atoms. The van der Waals surface area contributed by atoms with Crippen LogP contribution in [-0.2, 0) is 0 Å². The fraction of sp³-hybridized carbons (Fsp3) is 0.312. The summed E-state index contributed by atoms with van der Waals surface area (Å²) in [5.74, 6) is 1.50. The van der Waals surface area contributed by atoms with Crippen molar-refractivity contribution in [1.29, 1.82) is 0 Å². The molecule has 0 unspecified atom stereocenters. The number of nitrogens with zero attached hydrogens (tertiary/aromatic N) is 1. The van der Waals surface area contributed by atoms with Crippen LogP contribution in [0.3, 0.4) is 0 Å². The highest BCUT2D eigenvalue weighted by Gasteiger charge is 2.30. The summed E-state index contributed by atoms with van der Waals surface area (Å²) in [6, 6.07) is 10.7. The second-order valence-electron chi connectivity index (χ2n) is 5.28. The van der Waals surface area contributed by atoms with Gasteiger partial charge in [0.05, 0.1) is 12.8 Å². The molecule has 0 bridgehead atoms. The Morgan fingerprint density at radius 3 is 2.90 bits per heavy atom. The number of methoxy groups -OCH3 is 1. The maximum atomic E-state index is 6.10. The van der Waals surface area contributed by atoms with Crippen molar-refractivity contribution in [1.82, 2.24) is 4.98 Å². The molecule has 2 aromatic rings. The van der Waals surface area contributed by atoms with E-state index in [1.165, 1.54) is 5.56 Å². The normalized spacial score (nSPS) is 20.7. The first-order chi connectivity index (χ1) is 10.2. The molecule has 5 heteroatoms. The lowest BCUT2D eigenvalue weighted by Gasteiger charge is -2.37. The first-order valence-corrected chi connectivity index (χ1v) is 8.04. The molecule has 1 aliphatic rings. The molecule has 1 heterocycles. The smallest absolute Gasteiger partial charge is 0.152 e. The van der Waals surface area contributed by atoms with Crippen LogP contribution in [0.25, 0.3) is 0 Å². The van der Waals surface area contributed by atoms with Crippen LogP contribution >= 0.6 is 27.5 Å². The Morgan fingerprint density at radius 1 is 1.33 bits per heavy atom. The molecule has 1 saturated carbocycles. The van der Waals surface area contributed by atoms with Crippen molar-refractivity contribution >= 4 is 33.2 Å². The SMILES string of the molecule is COc1cccc(C2CC(Nc3cc(Br)cnc3Cl)C2)c1. The van der Waals surface area contributed by atoms with Crippen LogP contribution in [0, 0.1) is 0 Å². The van der Waals surface area contributed by atoms with Crippen LogP contribution < -0.4 is 10.1 Å². The van der Waals surface area contributed by atoms with Crippen molar-refractivity contribution in [2.24, 2.45) is 0 Å².